The fraction of sp³-hybridized carbons (Fsp3) is 0.200. The number of nitrogens with one attached hydrogen (secondary N) is 1. The van der Waals surface area contributed by atoms with Crippen molar-refractivity contribution >= 4 is 21.1 Å². The van der Waals surface area contributed by atoms with Gasteiger partial charge in [-0.2, -0.15) is 0 Å². The second-order valence-corrected chi connectivity index (χ2v) is 8.62. The smallest absolute Gasteiger partial charge is 0.214 e. The van der Waals surface area contributed by atoms with Gasteiger partial charge >= 0.3 is 0 Å². The Kier molecular flexibility index (Phi) is 5.16. The molecule has 4 aromatic rings. The Bertz CT molecular complexity index is 1230. The number of para-hydroxylation sites is 2. The monoisotopic (exact) mass is 413 g/mol. The summed E-state index contributed by atoms with van der Waals surface area (Å²) in [6.07, 6.45) is 4.96. The van der Waals surface area contributed by atoms with Gasteiger partial charge in [0.15, 0.2) is 0 Å². The molecule has 0 aliphatic rings. The molecule has 150 valence electrons. The molecule has 0 aliphatic heterocycles. The zero-order chi connectivity index (χ0) is 20.4. The number of hydrogen-bond acceptors (Lipinski definition) is 4. The minimum Gasteiger partial charge on any atom is -0.336 e. The largest absolute Gasteiger partial charge is 0.336 e. The first-order chi connectivity index (χ1) is 13.9. The van der Waals surface area contributed by atoms with Crippen LogP contribution in [0.25, 0.3) is 11.0 Å². The number of aromatic nitrogens is 4. The molecule has 2 heterocycles. The van der Waals surface area contributed by atoms with Gasteiger partial charge in [0.25, 0.3) is 0 Å². The van der Waals surface area contributed by atoms with Crippen molar-refractivity contribution in [3.8, 4) is 0 Å². The van der Waals surface area contributed by atoms with E-state index in [1.54, 1.807) is 42.5 Å². The number of rotatable bonds is 7. The van der Waals surface area contributed by atoms with Crippen LogP contribution in [-0.2, 0) is 23.6 Å². The van der Waals surface area contributed by atoms with Gasteiger partial charge in [-0.05, 0) is 29.8 Å². The van der Waals surface area contributed by atoms with E-state index in [0.717, 1.165) is 11.0 Å². The molecule has 1 unspecified atom stereocenters. The molecule has 0 aliphatic carbocycles. The lowest BCUT2D eigenvalue weighted by molar-refractivity contribution is 0.557. The summed E-state index contributed by atoms with van der Waals surface area (Å²) in [5.74, 6) is 0.00518. The van der Waals surface area contributed by atoms with Crippen molar-refractivity contribution in [3.63, 3.8) is 0 Å². The van der Waals surface area contributed by atoms with E-state index in [9.17, 15) is 12.8 Å². The van der Waals surface area contributed by atoms with Crippen LogP contribution in [0.15, 0.2) is 67.3 Å². The van der Waals surface area contributed by atoms with Gasteiger partial charge in [-0.3, -0.25) is 0 Å². The highest BCUT2D eigenvalue weighted by Crippen LogP contribution is 2.22. The van der Waals surface area contributed by atoms with E-state index >= 15 is 0 Å². The van der Waals surface area contributed by atoms with Crippen LogP contribution in [0.3, 0.4) is 0 Å². The molecule has 0 saturated carbocycles. The summed E-state index contributed by atoms with van der Waals surface area (Å²) >= 11 is 0. The third-order valence-electron chi connectivity index (χ3n) is 4.75. The zero-order valence-corrected chi connectivity index (χ0v) is 16.6. The van der Waals surface area contributed by atoms with Crippen LogP contribution >= 0.6 is 0 Å². The van der Waals surface area contributed by atoms with Gasteiger partial charge in [-0.1, -0.05) is 24.3 Å². The van der Waals surface area contributed by atoms with Crippen molar-refractivity contribution in [2.45, 2.75) is 12.6 Å². The number of benzene rings is 2. The Morgan fingerprint density at radius 2 is 1.86 bits per heavy atom. The van der Waals surface area contributed by atoms with E-state index in [-0.39, 0.29) is 18.1 Å². The predicted molar refractivity (Wildman–Crippen MR) is 108 cm³/mol. The lowest BCUT2D eigenvalue weighted by Gasteiger charge is -2.19. The van der Waals surface area contributed by atoms with E-state index < -0.39 is 16.1 Å². The second kappa shape index (κ2) is 7.76. The Morgan fingerprint density at radius 3 is 2.59 bits per heavy atom. The van der Waals surface area contributed by atoms with E-state index in [1.807, 2.05) is 28.8 Å². The lowest BCUT2D eigenvalue weighted by Crippen LogP contribution is -2.34. The van der Waals surface area contributed by atoms with Gasteiger partial charge in [0.05, 0.1) is 23.1 Å². The molecule has 9 heteroatoms. The van der Waals surface area contributed by atoms with Gasteiger partial charge in [-0.25, -0.2) is 27.5 Å². The standard InChI is InChI=1S/C20H20FN5O2S/c1-25-11-10-22-20(25)19(15-6-8-16(21)9-7-15)24-29(27,28)13-12-26-14-23-17-4-2-3-5-18(17)26/h2-11,14,19,24H,12-13H2,1H3. The number of fused-ring (bicyclic) bond motifs is 1. The SMILES string of the molecule is Cn1ccnc1C(NS(=O)(=O)CCn1cnc2ccccc21)c1ccc(F)cc1. The summed E-state index contributed by atoms with van der Waals surface area (Å²) in [7, 11) is -1.89. The average molecular weight is 413 g/mol. The molecule has 0 fully saturated rings. The first kappa shape index (κ1) is 19.3. The molecule has 29 heavy (non-hydrogen) atoms. The minimum absolute atomic E-state index is 0.129. The fourth-order valence-electron chi connectivity index (χ4n) is 3.23. The second-order valence-electron chi connectivity index (χ2n) is 6.74. The molecule has 4 rings (SSSR count). The number of sulfonamides is 1. The van der Waals surface area contributed by atoms with Crippen LogP contribution in [0.2, 0.25) is 0 Å². The molecule has 7 nitrogen and oxygen atoms in total. The van der Waals surface area contributed by atoms with Gasteiger partial charge in [0.1, 0.15) is 17.7 Å². The van der Waals surface area contributed by atoms with Crippen LogP contribution in [0.4, 0.5) is 4.39 Å². The highest BCUT2D eigenvalue weighted by molar-refractivity contribution is 7.89. The summed E-state index contributed by atoms with van der Waals surface area (Å²) < 4.78 is 45.3. The lowest BCUT2D eigenvalue weighted by atomic mass is 10.1. The summed E-state index contributed by atoms with van der Waals surface area (Å²) in [4.78, 5) is 8.56. The topological polar surface area (TPSA) is 81.8 Å². The van der Waals surface area contributed by atoms with E-state index in [2.05, 4.69) is 14.7 Å². The zero-order valence-electron chi connectivity index (χ0n) is 15.7. The quantitative estimate of drug-likeness (QED) is 0.505. The summed E-state index contributed by atoms with van der Waals surface area (Å²) in [6, 6.07) is 12.6. The molecule has 1 atom stereocenters. The first-order valence-corrected chi connectivity index (χ1v) is 10.7. The maximum absolute atomic E-state index is 13.3. The molecule has 0 saturated heterocycles. The van der Waals surface area contributed by atoms with Crippen LogP contribution in [0.1, 0.15) is 17.4 Å². The van der Waals surface area contributed by atoms with Crippen LogP contribution in [0.5, 0.6) is 0 Å². The highest BCUT2D eigenvalue weighted by atomic mass is 32.2. The Morgan fingerprint density at radius 1 is 1.10 bits per heavy atom. The predicted octanol–water partition coefficient (Wildman–Crippen LogP) is 2.62. The third kappa shape index (κ3) is 4.20. The van der Waals surface area contributed by atoms with Crippen LogP contribution < -0.4 is 4.72 Å². The van der Waals surface area contributed by atoms with Crippen LogP contribution in [0, 0.1) is 5.82 Å². The number of imidazole rings is 2. The van der Waals surface area contributed by atoms with Gasteiger partial charge in [0.2, 0.25) is 10.0 Å². The molecule has 0 radical (unpaired) electrons. The van der Waals surface area contributed by atoms with Crippen LogP contribution in [-0.4, -0.2) is 33.3 Å². The summed E-state index contributed by atoms with van der Waals surface area (Å²) in [6.45, 7) is 0.256. The Hall–Kier alpha value is -3.04. The van der Waals surface area contributed by atoms with E-state index in [0.29, 0.717) is 11.4 Å². The summed E-state index contributed by atoms with van der Waals surface area (Å²) in [5.41, 5.74) is 2.30. The van der Waals surface area contributed by atoms with Crippen molar-refractivity contribution in [3.05, 3.63) is 84.5 Å². The number of aryl methyl sites for hydroxylation is 2. The first-order valence-electron chi connectivity index (χ1n) is 9.05. The van der Waals surface area contributed by atoms with E-state index in [1.165, 1.54) is 12.1 Å². The molecule has 2 aromatic heterocycles. The number of nitrogens with zero attached hydrogens (tertiary/aromatic N) is 4. The maximum Gasteiger partial charge on any atom is 0.214 e. The van der Waals surface area contributed by atoms with E-state index in [4.69, 9.17) is 0 Å². The molecule has 0 bridgehead atoms. The molecular weight excluding hydrogens is 393 g/mol. The highest BCUT2D eigenvalue weighted by Gasteiger charge is 2.24. The molecule has 0 spiro atoms. The number of halogens is 1. The minimum atomic E-state index is -3.67. The van der Waals surface area contributed by atoms with Crippen molar-refractivity contribution in [2.24, 2.45) is 7.05 Å². The number of hydrogen-bond donors (Lipinski definition) is 1. The van der Waals surface area contributed by atoms with Crippen molar-refractivity contribution in [1.82, 2.24) is 23.8 Å². The van der Waals surface area contributed by atoms with Crippen molar-refractivity contribution in [1.29, 1.82) is 0 Å². The molecule has 0 amide bonds. The van der Waals surface area contributed by atoms with Gasteiger partial charge in [-0.15, -0.1) is 0 Å². The molecule has 2 aromatic carbocycles. The summed E-state index contributed by atoms with van der Waals surface area (Å²) in [5, 5.41) is 0. The van der Waals surface area contributed by atoms with Gasteiger partial charge in [0, 0.05) is 26.0 Å². The van der Waals surface area contributed by atoms with Crippen molar-refractivity contribution in [2.75, 3.05) is 5.75 Å². The maximum atomic E-state index is 13.3. The van der Waals surface area contributed by atoms with Gasteiger partial charge < -0.3 is 9.13 Å². The normalized spacial score (nSPS) is 13.0. The Balaban J connectivity index is 1.57. The fourth-order valence-corrected chi connectivity index (χ4v) is 4.38. The Labute approximate surface area is 167 Å². The third-order valence-corrected chi connectivity index (χ3v) is 6.06. The average Bonchev–Trinajstić information content (AvgIpc) is 3.31. The molecular formula is C20H20FN5O2S. The molecule has 1 N–H and O–H groups in total. The van der Waals surface area contributed by atoms with Crippen molar-refractivity contribution < 1.29 is 12.8 Å².